The fourth-order valence-electron chi connectivity index (χ4n) is 1.44. The van der Waals surface area contributed by atoms with E-state index in [1.165, 1.54) is 8.05 Å². The number of aliphatic hydroxyl groups is 3. The molecule has 0 aromatic carbocycles. The molecule has 0 radical (unpaired) electrons. The Morgan fingerprint density at radius 2 is 1.77 bits per heavy atom. The van der Waals surface area contributed by atoms with E-state index in [4.69, 9.17) is 9.39 Å². The molecule has 74 valence electrons. The van der Waals surface area contributed by atoms with Crippen LogP contribution in [0.15, 0.2) is 0 Å². The quantitative estimate of drug-likeness (QED) is 0.384. The first-order valence-corrected chi connectivity index (χ1v) is 4.26. The molecule has 3 N–H and O–H groups in total. The lowest BCUT2D eigenvalue weighted by Gasteiger charge is -2.39. The molecule has 0 bridgehead atoms. The minimum Gasteiger partial charge on any atom is -0.441 e. The Hall–Kier alpha value is -0.0701. The Kier molecular flexibility index (Phi) is 3.75. The molecule has 1 aliphatic rings. The van der Waals surface area contributed by atoms with Gasteiger partial charge in [-0.1, -0.05) is 0 Å². The molecule has 1 heterocycles. The predicted octanol–water partition coefficient (Wildman–Crippen LogP) is -4.01. The molecule has 0 spiro atoms. The van der Waals surface area contributed by atoms with Crippen LogP contribution in [0.25, 0.3) is 0 Å². The molecule has 1 fully saturated rings. The lowest BCUT2D eigenvalue weighted by molar-refractivity contribution is -0.206. The molecule has 7 heteroatoms. The molecule has 5 nitrogen and oxygen atoms in total. The molecule has 13 heavy (non-hydrogen) atoms. The largest absolute Gasteiger partial charge is 0.441 e. The summed E-state index contributed by atoms with van der Waals surface area (Å²) in [6, 6.07) is -0.487. The van der Waals surface area contributed by atoms with Crippen molar-refractivity contribution >= 4 is 15.9 Å². The summed E-state index contributed by atoms with van der Waals surface area (Å²) in [4.78, 5) is 0. The Labute approximate surface area is 78.5 Å². The third-order valence-electron chi connectivity index (χ3n) is 2.28. The highest BCUT2D eigenvalue weighted by Crippen LogP contribution is 2.19. The molecule has 0 aromatic rings. The van der Waals surface area contributed by atoms with E-state index in [9.17, 15) is 15.3 Å². The summed E-state index contributed by atoms with van der Waals surface area (Å²) in [7, 11) is 3.13. The van der Waals surface area contributed by atoms with Crippen molar-refractivity contribution in [2.75, 3.05) is 6.61 Å². The Morgan fingerprint density at radius 1 is 1.15 bits per heavy atom. The maximum Gasteiger partial charge on any atom is 0.257 e. The van der Waals surface area contributed by atoms with Crippen LogP contribution in [0.5, 0.6) is 0 Å². The van der Waals surface area contributed by atoms with Gasteiger partial charge in [0.1, 0.15) is 32.3 Å². The average Bonchev–Trinajstić information content (AvgIpc) is 2.11. The smallest absolute Gasteiger partial charge is 0.257 e. The van der Waals surface area contributed by atoms with Crippen molar-refractivity contribution < 1.29 is 24.7 Å². The fourth-order valence-corrected chi connectivity index (χ4v) is 1.44. The fraction of sp³-hybridized carbons (Fsp3) is 1.00. The van der Waals surface area contributed by atoms with Crippen LogP contribution in [0.2, 0.25) is 0 Å². The van der Waals surface area contributed by atoms with Crippen molar-refractivity contribution in [3.63, 3.8) is 0 Å². The van der Waals surface area contributed by atoms with Crippen LogP contribution < -0.4 is 0 Å². The third-order valence-corrected chi connectivity index (χ3v) is 2.28. The van der Waals surface area contributed by atoms with Gasteiger partial charge in [0, 0.05) is 0 Å². The summed E-state index contributed by atoms with van der Waals surface area (Å²) >= 11 is 0. The molecule has 0 amide bonds. The lowest BCUT2D eigenvalue weighted by atomic mass is 9.85. The number of rotatable bonds is 2. The lowest BCUT2D eigenvalue weighted by Crippen LogP contribution is -2.58. The van der Waals surface area contributed by atoms with E-state index in [0.717, 1.165) is 0 Å². The number of hydrogen-bond donors (Lipinski definition) is 3. The Bertz CT molecular complexity index is 169. The maximum absolute atomic E-state index is 9.44. The summed E-state index contributed by atoms with van der Waals surface area (Å²) in [6.07, 6.45) is -3.86. The van der Waals surface area contributed by atoms with Gasteiger partial charge in [-0.2, -0.15) is 0 Å². The first-order chi connectivity index (χ1) is 6.07. The summed E-state index contributed by atoms with van der Waals surface area (Å²) in [5.74, 6) is 0. The van der Waals surface area contributed by atoms with Crippen molar-refractivity contribution in [3.8, 4) is 0 Å². The Balaban J connectivity index is 2.59. The van der Waals surface area contributed by atoms with E-state index in [1.807, 2.05) is 0 Å². The van der Waals surface area contributed by atoms with E-state index in [-0.39, 0.29) is 6.61 Å². The van der Waals surface area contributed by atoms with Crippen LogP contribution in [0.1, 0.15) is 0 Å². The molecule has 0 saturated carbocycles. The zero-order chi connectivity index (χ0) is 10.0. The maximum atomic E-state index is 9.44. The van der Waals surface area contributed by atoms with Crippen molar-refractivity contribution in [1.29, 1.82) is 0 Å². The number of hydrogen-bond acceptors (Lipinski definition) is 5. The van der Waals surface area contributed by atoms with Gasteiger partial charge in [0.15, 0.2) is 0 Å². The van der Waals surface area contributed by atoms with Gasteiger partial charge in [-0.05, 0) is 0 Å². The van der Waals surface area contributed by atoms with Gasteiger partial charge in [-0.15, -0.1) is 0 Å². The highest BCUT2D eigenvalue weighted by Gasteiger charge is 2.41. The van der Waals surface area contributed by atoms with Gasteiger partial charge in [0.05, 0.1) is 12.6 Å². The van der Waals surface area contributed by atoms with Crippen LogP contribution in [0, 0.1) is 0 Å². The molecule has 0 aromatic heterocycles. The van der Waals surface area contributed by atoms with Crippen molar-refractivity contribution in [2.45, 2.75) is 30.4 Å². The van der Waals surface area contributed by atoms with E-state index in [1.54, 1.807) is 7.85 Å². The highest BCUT2D eigenvalue weighted by molar-refractivity contribution is 6.11. The van der Waals surface area contributed by atoms with Crippen molar-refractivity contribution in [2.24, 2.45) is 0 Å². The second kappa shape index (κ2) is 4.43. The van der Waals surface area contributed by atoms with Crippen LogP contribution in [-0.4, -0.2) is 68.2 Å². The van der Waals surface area contributed by atoms with Crippen LogP contribution in [-0.2, 0) is 9.39 Å². The predicted molar refractivity (Wildman–Crippen MR) is 49.7 cm³/mol. The Morgan fingerprint density at radius 3 is 2.31 bits per heavy atom. The van der Waals surface area contributed by atoms with E-state index in [2.05, 4.69) is 0 Å². The summed E-state index contributed by atoms with van der Waals surface area (Å²) < 4.78 is 10.0. The second-order valence-electron chi connectivity index (χ2n) is 3.31. The highest BCUT2D eigenvalue weighted by atomic mass is 16.6. The topological polar surface area (TPSA) is 79.2 Å². The summed E-state index contributed by atoms with van der Waals surface area (Å²) in [6.45, 7) is 0.204. The van der Waals surface area contributed by atoms with Crippen molar-refractivity contribution in [3.05, 3.63) is 0 Å². The SMILES string of the molecule is BOC[C@H]1O[C@@H](B)[C@H](O)[C@@H](O)[C@@H]1O. The van der Waals surface area contributed by atoms with Crippen LogP contribution in [0.4, 0.5) is 0 Å². The molecule has 0 unspecified atom stereocenters. The molecular weight excluding hydrogens is 174 g/mol. The molecule has 1 aliphatic heterocycles. The standard InChI is InChI=1S/C6H14B2O5/c7-6-5(11)4(10)3(9)2(13-6)1-12-8/h2-6,9-11H,1,7-8H2/t2-,3-,4+,5-,6-/m1/s1. The monoisotopic (exact) mass is 188 g/mol. The van der Waals surface area contributed by atoms with Gasteiger partial charge in [0.25, 0.3) is 8.05 Å². The zero-order valence-corrected chi connectivity index (χ0v) is 7.75. The van der Waals surface area contributed by atoms with E-state index in [0.29, 0.717) is 0 Å². The van der Waals surface area contributed by atoms with Gasteiger partial charge >= 0.3 is 0 Å². The molecule has 1 saturated heterocycles. The van der Waals surface area contributed by atoms with Crippen LogP contribution in [0.3, 0.4) is 0 Å². The normalized spacial score (nSPS) is 46.2. The van der Waals surface area contributed by atoms with Gasteiger partial charge < -0.3 is 24.7 Å². The molecular formula is C6H14B2O5. The van der Waals surface area contributed by atoms with E-state index >= 15 is 0 Å². The third kappa shape index (κ3) is 2.24. The summed E-state index contributed by atoms with van der Waals surface area (Å²) in [5, 5.41) is 28.1. The minimum absolute atomic E-state index is 0.204. The van der Waals surface area contributed by atoms with E-state index < -0.39 is 30.4 Å². The average molecular weight is 188 g/mol. The van der Waals surface area contributed by atoms with Crippen molar-refractivity contribution in [1.82, 2.24) is 0 Å². The first kappa shape index (κ1) is 11.0. The van der Waals surface area contributed by atoms with Crippen LogP contribution >= 0.6 is 0 Å². The molecule has 1 rings (SSSR count). The zero-order valence-electron chi connectivity index (χ0n) is 7.75. The van der Waals surface area contributed by atoms with Gasteiger partial charge in [-0.3, -0.25) is 0 Å². The van der Waals surface area contributed by atoms with Gasteiger partial charge in [-0.25, -0.2) is 0 Å². The summed E-state index contributed by atoms with van der Waals surface area (Å²) in [5.41, 5.74) is 0. The second-order valence-corrected chi connectivity index (χ2v) is 3.31. The minimum atomic E-state index is -1.16. The number of aliphatic hydroxyl groups excluding tert-OH is 3. The number of ether oxygens (including phenoxy) is 1. The first-order valence-electron chi connectivity index (χ1n) is 4.26. The van der Waals surface area contributed by atoms with Gasteiger partial charge in [0.2, 0.25) is 0 Å². The molecule has 5 atom stereocenters. The molecule has 0 aliphatic carbocycles.